The van der Waals surface area contributed by atoms with Crippen LogP contribution in [-0.4, -0.2) is 80.5 Å². The molecule has 0 saturated carbocycles. The van der Waals surface area contributed by atoms with Crippen molar-refractivity contribution in [2.75, 3.05) is 25.7 Å². The second-order valence-electron chi connectivity index (χ2n) is 9.41. The monoisotopic (exact) mass is 541 g/mol. The van der Waals surface area contributed by atoms with Crippen molar-refractivity contribution in [1.82, 2.24) is 15.2 Å². The fourth-order valence-electron chi connectivity index (χ4n) is 4.60. The summed E-state index contributed by atoms with van der Waals surface area (Å²) in [7, 11) is -2.30. The topological polar surface area (TPSA) is 128 Å². The number of fused-ring (bicyclic) bond motifs is 2. The maximum atomic E-state index is 11.8. The molecule has 3 aliphatic rings. The van der Waals surface area contributed by atoms with Gasteiger partial charge in [-0.05, 0) is 18.2 Å². The second-order valence-corrected chi connectivity index (χ2v) is 12.4. The van der Waals surface area contributed by atoms with Crippen molar-refractivity contribution < 1.29 is 23.5 Å². The van der Waals surface area contributed by atoms with Crippen LogP contribution in [0.2, 0.25) is 5.02 Å². The van der Waals surface area contributed by atoms with Crippen molar-refractivity contribution in [1.29, 1.82) is 0 Å². The van der Waals surface area contributed by atoms with Gasteiger partial charge in [-0.25, -0.2) is 14.2 Å². The minimum absolute atomic E-state index is 0.246. The molecule has 192 valence electrons. The summed E-state index contributed by atoms with van der Waals surface area (Å²) in [4.78, 5) is 9.34. The number of aliphatic hydroxyl groups excluding tert-OH is 1. The zero-order chi connectivity index (χ0) is 25.7. The minimum Gasteiger partial charge on any atom is -0.472 e. The summed E-state index contributed by atoms with van der Waals surface area (Å²) in [5.41, 5.74) is 4.48. The standard InChI is InChI=1S/C25H24ClN5O5S/c1-37(2,33)31-21-8-7-16(29-30-21)13-3-5-14(6-4-13)23-15(26)9-17-18(28-23)10-22(27-17)36-20-12-35-24-19(32)11-34-25(20)24/h3-9,19-20,24-25,32H,10-12H2,1-2H3/t19-,20-,24-,25-/m1/s1. The van der Waals surface area contributed by atoms with Crippen LogP contribution in [0.15, 0.2) is 51.8 Å². The Bertz CT molecular complexity index is 1500. The van der Waals surface area contributed by atoms with E-state index in [1.807, 2.05) is 24.3 Å². The highest BCUT2D eigenvalue weighted by molar-refractivity contribution is 7.92. The van der Waals surface area contributed by atoms with E-state index < -0.39 is 15.8 Å². The molecule has 0 amide bonds. The van der Waals surface area contributed by atoms with Gasteiger partial charge in [0.2, 0.25) is 0 Å². The smallest absolute Gasteiger partial charge is 0.195 e. The number of aliphatic imine (C=N–C) groups is 1. The Morgan fingerprint density at radius 2 is 1.81 bits per heavy atom. The van der Waals surface area contributed by atoms with E-state index in [1.54, 1.807) is 30.7 Å². The molecule has 1 N–H and O–H groups in total. The number of ether oxygens (including phenoxy) is 3. The number of halogens is 1. The average molecular weight is 542 g/mol. The number of hydrogen-bond donors (Lipinski definition) is 1. The van der Waals surface area contributed by atoms with E-state index in [4.69, 9.17) is 30.8 Å². The van der Waals surface area contributed by atoms with Gasteiger partial charge in [-0.1, -0.05) is 35.9 Å². The van der Waals surface area contributed by atoms with Crippen LogP contribution >= 0.6 is 11.6 Å². The molecule has 0 radical (unpaired) electrons. The van der Waals surface area contributed by atoms with Crippen LogP contribution in [0.5, 0.6) is 0 Å². The SMILES string of the molecule is CS(C)(=O)=Nc1ccc(-c2ccc(-c3nc4c(cc3Cl)N=C(O[C@@H]3CO[C@H]5[C@@H]3OC[C@H]5O)C4)cc2)nn1. The van der Waals surface area contributed by atoms with Crippen LogP contribution < -0.4 is 0 Å². The Labute approximate surface area is 218 Å². The maximum Gasteiger partial charge on any atom is 0.195 e. The highest BCUT2D eigenvalue weighted by Gasteiger charge is 2.49. The van der Waals surface area contributed by atoms with E-state index in [0.717, 1.165) is 16.8 Å². The van der Waals surface area contributed by atoms with Gasteiger partial charge in [0.15, 0.2) is 17.8 Å². The molecule has 6 rings (SSSR count). The Morgan fingerprint density at radius 3 is 2.54 bits per heavy atom. The molecule has 4 atom stereocenters. The van der Waals surface area contributed by atoms with Crippen molar-refractivity contribution >= 4 is 38.7 Å². The number of aliphatic hydroxyl groups is 1. The summed E-state index contributed by atoms with van der Waals surface area (Å²) in [5.74, 6) is 0.865. The van der Waals surface area contributed by atoms with Gasteiger partial charge >= 0.3 is 0 Å². The number of rotatable bonds is 4. The van der Waals surface area contributed by atoms with Gasteiger partial charge in [0, 0.05) is 33.4 Å². The number of hydrogen-bond acceptors (Lipinski definition) is 10. The molecule has 37 heavy (non-hydrogen) atoms. The maximum absolute atomic E-state index is 11.8. The summed E-state index contributed by atoms with van der Waals surface area (Å²) in [5, 5.41) is 18.7. The van der Waals surface area contributed by atoms with Gasteiger partial charge in [-0.3, -0.25) is 0 Å². The van der Waals surface area contributed by atoms with E-state index in [0.29, 0.717) is 46.8 Å². The number of benzene rings is 1. The second kappa shape index (κ2) is 9.41. The van der Waals surface area contributed by atoms with Crippen LogP contribution in [0, 0.1) is 0 Å². The number of aromatic nitrogens is 3. The van der Waals surface area contributed by atoms with Gasteiger partial charge in [-0.15, -0.1) is 10.2 Å². The van der Waals surface area contributed by atoms with Crippen LogP contribution in [0.3, 0.4) is 0 Å². The molecule has 2 fully saturated rings. The van der Waals surface area contributed by atoms with Crippen molar-refractivity contribution in [3.8, 4) is 22.5 Å². The molecule has 5 heterocycles. The van der Waals surface area contributed by atoms with Crippen LogP contribution in [0.1, 0.15) is 5.69 Å². The molecule has 1 aromatic carbocycles. The lowest BCUT2D eigenvalue weighted by atomic mass is 10.1. The quantitative estimate of drug-likeness (QED) is 0.532. The van der Waals surface area contributed by atoms with Gasteiger partial charge in [-0.2, -0.15) is 4.36 Å². The van der Waals surface area contributed by atoms with Gasteiger partial charge in [0.05, 0.1) is 47.4 Å². The van der Waals surface area contributed by atoms with Gasteiger partial charge < -0.3 is 19.3 Å². The third-order valence-electron chi connectivity index (χ3n) is 6.28. The van der Waals surface area contributed by atoms with Crippen molar-refractivity contribution in [2.45, 2.75) is 30.8 Å². The first-order valence-electron chi connectivity index (χ1n) is 11.7. The molecule has 10 nitrogen and oxygen atoms in total. The summed E-state index contributed by atoms with van der Waals surface area (Å²) in [6.07, 6.45) is 1.92. The molecule has 2 saturated heterocycles. The molecule has 0 unspecified atom stereocenters. The molecule has 0 bridgehead atoms. The molecule has 2 aromatic heterocycles. The fourth-order valence-corrected chi connectivity index (χ4v) is 5.41. The first-order chi connectivity index (χ1) is 17.7. The highest BCUT2D eigenvalue weighted by Crippen LogP contribution is 2.36. The minimum atomic E-state index is -2.30. The lowest BCUT2D eigenvalue weighted by Crippen LogP contribution is -2.34. The normalized spacial score (nSPS) is 24.5. The average Bonchev–Trinajstić information content (AvgIpc) is 3.55. The molecule has 0 spiro atoms. The largest absolute Gasteiger partial charge is 0.472 e. The van der Waals surface area contributed by atoms with E-state index in [1.165, 1.54) is 0 Å². The molecular weight excluding hydrogens is 518 g/mol. The predicted molar refractivity (Wildman–Crippen MR) is 139 cm³/mol. The zero-order valence-corrected chi connectivity index (χ0v) is 21.6. The van der Waals surface area contributed by atoms with E-state index in [9.17, 15) is 9.32 Å². The Balaban J connectivity index is 1.17. The zero-order valence-electron chi connectivity index (χ0n) is 20.1. The van der Waals surface area contributed by atoms with E-state index >= 15 is 0 Å². The van der Waals surface area contributed by atoms with Crippen molar-refractivity contribution in [2.24, 2.45) is 9.36 Å². The third kappa shape index (κ3) is 4.97. The van der Waals surface area contributed by atoms with Gasteiger partial charge in [0.25, 0.3) is 0 Å². The molecule has 0 aliphatic carbocycles. The Hall–Kier alpha value is -2.96. The van der Waals surface area contributed by atoms with Crippen molar-refractivity contribution in [3.05, 3.63) is 53.2 Å². The number of nitrogens with zero attached hydrogens (tertiary/aromatic N) is 5. The van der Waals surface area contributed by atoms with Crippen molar-refractivity contribution in [3.63, 3.8) is 0 Å². The molecule has 3 aromatic rings. The fraction of sp³-hybridized carbons (Fsp3) is 0.360. The van der Waals surface area contributed by atoms with Crippen LogP contribution in [0.25, 0.3) is 22.5 Å². The lowest BCUT2D eigenvalue weighted by Gasteiger charge is -2.17. The molecule has 12 heteroatoms. The van der Waals surface area contributed by atoms with E-state index in [-0.39, 0.29) is 24.9 Å². The third-order valence-corrected chi connectivity index (χ3v) is 7.20. The Morgan fingerprint density at radius 1 is 1.05 bits per heavy atom. The summed E-state index contributed by atoms with van der Waals surface area (Å²) in [6.45, 7) is 0.586. The van der Waals surface area contributed by atoms with E-state index in [2.05, 4.69) is 19.6 Å². The first kappa shape index (κ1) is 24.4. The van der Waals surface area contributed by atoms with Crippen LogP contribution in [-0.2, 0) is 30.4 Å². The van der Waals surface area contributed by atoms with Crippen LogP contribution in [0.4, 0.5) is 11.5 Å². The summed E-state index contributed by atoms with van der Waals surface area (Å²) in [6, 6.07) is 13.0. The summed E-state index contributed by atoms with van der Waals surface area (Å²) < 4.78 is 33.2. The Kier molecular flexibility index (Phi) is 6.20. The predicted octanol–water partition coefficient (Wildman–Crippen LogP) is 3.35. The lowest BCUT2D eigenvalue weighted by molar-refractivity contribution is 0.00558. The molecule has 3 aliphatic heterocycles. The molecular formula is C25H24ClN5O5S. The first-order valence-corrected chi connectivity index (χ1v) is 14.4. The highest BCUT2D eigenvalue weighted by atomic mass is 35.5. The number of pyridine rings is 1. The van der Waals surface area contributed by atoms with Gasteiger partial charge in [0.1, 0.15) is 18.3 Å². The summed E-state index contributed by atoms with van der Waals surface area (Å²) >= 11 is 6.58.